The van der Waals surface area contributed by atoms with E-state index in [0.717, 1.165) is 18.7 Å². The topological polar surface area (TPSA) is 12.0 Å². The van der Waals surface area contributed by atoms with Crippen molar-refractivity contribution in [3.05, 3.63) is 64.9 Å². The van der Waals surface area contributed by atoms with Crippen LogP contribution in [0.1, 0.15) is 64.7 Å². The standard InChI is InChI=1S/C22H33N/c1-9-19(5)23-15-20-14-16(2)10-13-21(20)17(3)11-12-18(4)22(6,7)8/h10-14,23H,5,9,15H2,1-4,6-8H3/b17-11+,18-12+. The summed E-state index contributed by atoms with van der Waals surface area (Å²) >= 11 is 0. The van der Waals surface area contributed by atoms with Gasteiger partial charge in [-0.3, -0.25) is 0 Å². The summed E-state index contributed by atoms with van der Waals surface area (Å²) in [6.45, 7) is 20.3. The highest BCUT2D eigenvalue weighted by Crippen LogP contribution is 2.26. The van der Waals surface area contributed by atoms with E-state index in [1.165, 1.54) is 27.8 Å². The van der Waals surface area contributed by atoms with Gasteiger partial charge in [0.05, 0.1) is 0 Å². The molecule has 0 aromatic heterocycles. The number of nitrogens with one attached hydrogen (secondary N) is 1. The van der Waals surface area contributed by atoms with Crippen LogP contribution < -0.4 is 5.32 Å². The summed E-state index contributed by atoms with van der Waals surface area (Å²) in [5.74, 6) is 0. The third-order valence-electron chi connectivity index (χ3n) is 4.41. The molecule has 0 saturated heterocycles. The molecule has 0 amide bonds. The lowest BCUT2D eigenvalue weighted by atomic mass is 9.87. The van der Waals surface area contributed by atoms with E-state index in [1.807, 2.05) is 0 Å². The van der Waals surface area contributed by atoms with Gasteiger partial charge in [0.1, 0.15) is 0 Å². The fraction of sp³-hybridized carbons (Fsp3) is 0.455. The van der Waals surface area contributed by atoms with E-state index in [1.54, 1.807) is 0 Å². The van der Waals surface area contributed by atoms with E-state index < -0.39 is 0 Å². The van der Waals surface area contributed by atoms with Gasteiger partial charge in [0.15, 0.2) is 0 Å². The third kappa shape index (κ3) is 6.09. The van der Waals surface area contributed by atoms with Crippen LogP contribution in [-0.4, -0.2) is 0 Å². The predicted molar refractivity (Wildman–Crippen MR) is 104 cm³/mol. The Kier molecular flexibility index (Phi) is 6.87. The number of rotatable bonds is 6. The second-order valence-corrected chi connectivity index (χ2v) is 7.42. The molecule has 0 atom stereocenters. The lowest BCUT2D eigenvalue weighted by Gasteiger charge is -2.19. The molecule has 0 aliphatic rings. The maximum atomic E-state index is 4.04. The minimum Gasteiger partial charge on any atom is -0.385 e. The second kappa shape index (κ2) is 8.19. The average molecular weight is 312 g/mol. The van der Waals surface area contributed by atoms with Gasteiger partial charge in [-0.25, -0.2) is 0 Å². The summed E-state index contributed by atoms with van der Waals surface area (Å²) in [5.41, 5.74) is 7.92. The van der Waals surface area contributed by atoms with Gasteiger partial charge >= 0.3 is 0 Å². The van der Waals surface area contributed by atoms with E-state index in [9.17, 15) is 0 Å². The van der Waals surface area contributed by atoms with Gasteiger partial charge in [0, 0.05) is 12.2 Å². The average Bonchev–Trinajstić information content (AvgIpc) is 2.48. The molecular formula is C22H33N. The fourth-order valence-corrected chi connectivity index (χ4v) is 2.19. The van der Waals surface area contributed by atoms with E-state index in [0.29, 0.717) is 0 Å². The quantitative estimate of drug-likeness (QED) is 0.599. The molecule has 1 rings (SSSR count). The van der Waals surface area contributed by atoms with Crippen molar-refractivity contribution in [3.63, 3.8) is 0 Å². The normalized spacial score (nSPS) is 13.2. The molecule has 0 bridgehead atoms. The molecule has 0 fully saturated rings. The van der Waals surface area contributed by atoms with Crippen LogP contribution in [0.3, 0.4) is 0 Å². The molecule has 0 aliphatic carbocycles. The van der Waals surface area contributed by atoms with Gasteiger partial charge < -0.3 is 5.32 Å². The van der Waals surface area contributed by atoms with Gasteiger partial charge in [-0.05, 0) is 49.3 Å². The summed E-state index contributed by atoms with van der Waals surface area (Å²) in [6, 6.07) is 6.68. The Morgan fingerprint density at radius 1 is 1.17 bits per heavy atom. The minimum absolute atomic E-state index is 0.216. The summed E-state index contributed by atoms with van der Waals surface area (Å²) in [7, 11) is 0. The molecule has 23 heavy (non-hydrogen) atoms. The predicted octanol–water partition coefficient (Wildman–Crippen LogP) is 6.40. The highest BCUT2D eigenvalue weighted by molar-refractivity contribution is 5.68. The van der Waals surface area contributed by atoms with E-state index in [-0.39, 0.29) is 5.41 Å². The molecule has 1 N–H and O–H groups in total. The zero-order chi connectivity index (χ0) is 17.6. The van der Waals surface area contributed by atoms with Crippen molar-refractivity contribution in [3.8, 4) is 0 Å². The summed E-state index contributed by atoms with van der Waals surface area (Å²) in [4.78, 5) is 0. The fourth-order valence-electron chi connectivity index (χ4n) is 2.19. The van der Waals surface area contributed by atoms with Crippen molar-refractivity contribution >= 4 is 5.57 Å². The Hall–Kier alpha value is -1.76. The van der Waals surface area contributed by atoms with Crippen LogP contribution in [0.25, 0.3) is 5.57 Å². The first kappa shape index (κ1) is 19.3. The molecule has 0 radical (unpaired) electrons. The molecule has 0 heterocycles. The molecule has 1 aromatic rings. The monoisotopic (exact) mass is 311 g/mol. The molecule has 0 spiro atoms. The van der Waals surface area contributed by atoms with Gasteiger partial charge in [0.25, 0.3) is 0 Å². The van der Waals surface area contributed by atoms with Crippen LogP contribution in [0.4, 0.5) is 0 Å². The number of hydrogen-bond donors (Lipinski definition) is 1. The Bertz CT molecular complexity index is 609. The van der Waals surface area contributed by atoms with E-state index in [2.05, 4.69) is 90.7 Å². The molecule has 1 nitrogen and oxygen atoms in total. The molecule has 126 valence electrons. The van der Waals surface area contributed by atoms with Crippen molar-refractivity contribution in [1.29, 1.82) is 0 Å². The lowest BCUT2D eigenvalue weighted by molar-refractivity contribution is 0.504. The Morgan fingerprint density at radius 2 is 1.83 bits per heavy atom. The molecule has 0 saturated carbocycles. The summed E-state index contributed by atoms with van der Waals surface area (Å²) < 4.78 is 0. The minimum atomic E-state index is 0.216. The van der Waals surface area contributed by atoms with Crippen molar-refractivity contribution in [2.75, 3.05) is 0 Å². The van der Waals surface area contributed by atoms with E-state index in [4.69, 9.17) is 0 Å². The zero-order valence-corrected chi connectivity index (χ0v) is 16.0. The highest BCUT2D eigenvalue weighted by atomic mass is 14.9. The van der Waals surface area contributed by atoms with Gasteiger partial charge in [-0.1, -0.05) is 75.8 Å². The SMILES string of the molecule is C=C(CC)NCc1cc(C)ccc1/C(C)=C/C=C(\C)C(C)(C)C. The molecule has 0 unspecified atom stereocenters. The van der Waals surface area contributed by atoms with Crippen LogP contribution >= 0.6 is 0 Å². The van der Waals surface area contributed by atoms with Crippen LogP contribution in [0, 0.1) is 12.3 Å². The van der Waals surface area contributed by atoms with Gasteiger partial charge in [0.2, 0.25) is 0 Å². The van der Waals surface area contributed by atoms with Crippen molar-refractivity contribution in [2.45, 2.75) is 61.4 Å². The smallest absolute Gasteiger partial charge is 0.0403 e. The van der Waals surface area contributed by atoms with Gasteiger partial charge in [-0.15, -0.1) is 0 Å². The van der Waals surface area contributed by atoms with Crippen molar-refractivity contribution in [1.82, 2.24) is 5.32 Å². The first-order valence-corrected chi connectivity index (χ1v) is 8.52. The first-order valence-electron chi connectivity index (χ1n) is 8.52. The number of aryl methyl sites for hydroxylation is 1. The van der Waals surface area contributed by atoms with Crippen LogP contribution in [0.15, 0.2) is 48.2 Å². The van der Waals surface area contributed by atoms with Crippen LogP contribution in [-0.2, 0) is 6.54 Å². The molecule has 0 aliphatic heterocycles. The Labute approximate surface area is 143 Å². The third-order valence-corrected chi connectivity index (χ3v) is 4.41. The zero-order valence-electron chi connectivity index (χ0n) is 16.0. The van der Waals surface area contributed by atoms with Crippen LogP contribution in [0.5, 0.6) is 0 Å². The number of hydrogen-bond acceptors (Lipinski definition) is 1. The lowest BCUT2D eigenvalue weighted by Crippen LogP contribution is -2.12. The molecule has 1 heteroatoms. The number of benzene rings is 1. The number of allylic oxidation sites excluding steroid dienone is 5. The highest BCUT2D eigenvalue weighted by Gasteiger charge is 2.11. The summed E-state index contributed by atoms with van der Waals surface area (Å²) in [5, 5.41) is 3.42. The molecule has 1 aromatic carbocycles. The largest absolute Gasteiger partial charge is 0.385 e. The van der Waals surface area contributed by atoms with Gasteiger partial charge in [-0.2, -0.15) is 0 Å². The Balaban J connectivity index is 3.09. The second-order valence-electron chi connectivity index (χ2n) is 7.42. The van der Waals surface area contributed by atoms with Crippen LogP contribution in [0.2, 0.25) is 0 Å². The first-order chi connectivity index (χ1) is 10.6. The van der Waals surface area contributed by atoms with Crippen molar-refractivity contribution in [2.24, 2.45) is 5.41 Å². The van der Waals surface area contributed by atoms with Crippen molar-refractivity contribution < 1.29 is 0 Å². The molecular weight excluding hydrogens is 278 g/mol. The summed E-state index contributed by atoms with van der Waals surface area (Å²) in [6.07, 6.45) is 5.45. The Morgan fingerprint density at radius 3 is 2.39 bits per heavy atom. The maximum absolute atomic E-state index is 4.04. The maximum Gasteiger partial charge on any atom is 0.0403 e. The van der Waals surface area contributed by atoms with E-state index >= 15 is 0 Å².